The van der Waals surface area contributed by atoms with Crippen molar-refractivity contribution in [2.45, 2.75) is 0 Å². The number of fused-ring (bicyclic) bond motifs is 1. The van der Waals surface area contributed by atoms with Crippen molar-refractivity contribution >= 4 is 16.8 Å². The Morgan fingerprint density at radius 2 is 2.28 bits per heavy atom. The zero-order valence-electron chi connectivity index (χ0n) is 9.84. The number of hydrogen-bond donors (Lipinski definition) is 2. The molecule has 0 atom stereocenters. The van der Waals surface area contributed by atoms with E-state index in [1.54, 1.807) is 24.7 Å². The Bertz CT molecular complexity index is 738. The molecule has 0 aliphatic heterocycles. The van der Waals surface area contributed by atoms with Crippen molar-refractivity contribution in [3.05, 3.63) is 42.5 Å². The van der Waals surface area contributed by atoms with Crippen LogP contribution in [-0.4, -0.2) is 20.4 Å². The van der Waals surface area contributed by atoms with Gasteiger partial charge in [0.2, 0.25) is 5.91 Å². The predicted molar refractivity (Wildman–Crippen MR) is 69.0 cm³/mol. The Balaban J connectivity index is 2.27. The van der Waals surface area contributed by atoms with E-state index in [1.807, 2.05) is 23.9 Å². The van der Waals surface area contributed by atoms with Crippen LogP contribution in [-0.2, 0) is 7.05 Å². The molecule has 5 heteroatoms. The fourth-order valence-corrected chi connectivity index (χ4v) is 2.10. The molecule has 0 bridgehead atoms. The second-order valence-corrected chi connectivity index (χ2v) is 4.22. The molecule has 3 rings (SSSR count). The molecule has 1 aromatic carbocycles. The second kappa shape index (κ2) is 3.73. The summed E-state index contributed by atoms with van der Waals surface area (Å²) in [5.74, 6) is -0.422. The maximum absolute atomic E-state index is 11.2. The lowest BCUT2D eigenvalue weighted by Gasteiger charge is -2.01. The number of nitrogens with zero attached hydrogens (tertiary/aromatic N) is 2. The van der Waals surface area contributed by atoms with Gasteiger partial charge in [0.15, 0.2) is 0 Å². The van der Waals surface area contributed by atoms with Crippen molar-refractivity contribution in [1.82, 2.24) is 14.5 Å². The molecule has 5 nitrogen and oxygen atoms in total. The number of imidazole rings is 1. The van der Waals surface area contributed by atoms with Gasteiger partial charge in [0.1, 0.15) is 0 Å². The first-order valence-electron chi connectivity index (χ1n) is 5.54. The normalized spacial score (nSPS) is 10.9. The van der Waals surface area contributed by atoms with Gasteiger partial charge in [-0.15, -0.1) is 0 Å². The van der Waals surface area contributed by atoms with E-state index in [2.05, 4.69) is 9.97 Å². The highest BCUT2D eigenvalue weighted by Crippen LogP contribution is 2.28. The predicted octanol–water partition coefficient (Wildman–Crippen LogP) is 1.67. The number of carbonyl (C=O) groups excluding carboxylic acids is 1. The highest BCUT2D eigenvalue weighted by atomic mass is 16.1. The average Bonchev–Trinajstić information content (AvgIpc) is 2.93. The number of aromatic nitrogens is 3. The Kier molecular flexibility index (Phi) is 2.19. The lowest BCUT2D eigenvalue weighted by atomic mass is 10.1. The van der Waals surface area contributed by atoms with Gasteiger partial charge in [-0.2, -0.15) is 0 Å². The zero-order valence-corrected chi connectivity index (χ0v) is 9.84. The number of aromatic amines is 1. The van der Waals surface area contributed by atoms with Crippen LogP contribution in [0.5, 0.6) is 0 Å². The van der Waals surface area contributed by atoms with Gasteiger partial charge in [0.05, 0.1) is 18.2 Å². The smallest absolute Gasteiger partial charge is 0.248 e. The molecule has 0 spiro atoms. The first kappa shape index (κ1) is 10.6. The van der Waals surface area contributed by atoms with Gasteiger partial charge in [-0.1, -0.05) is 0 Å². The van der Waals surface area contributed by atoms with Crippen molar-refractivity contribution in [2.24, 2.45) is 12.8 Å². The van der Waals surface area contributed by atoms with Crippen molar-refractivity contribution in [3.8, 4) is 11.3 Å². The Morgan fingerprint density at radius 1 is 1.44 bits per heavy atom. The maximum atomic E-state index is 11.2. The van der Waals surface area contributed by atoms with Gasteiger partial charge in [-0.25, -0.2) is 4.98 Å². The molecule has 3 N–H and O–H groups in total. The first-order valence-corrected chi connectivity index (χ1v) is 5.54. The molecule has 0 unspecified atom stereocenters. The highest BCUT2D eigenvalue weighted by Gasteiger charge is 2.11. The summed E-state index contributed by atoms with van der Waals surface area (Å²) in [4.78, 5) is 18.5. The summed E-state index contributed by atoms with van der Waals surface area (Å²) < 4.78 is 1.93. The molecule has 0 aliphatic carbocycles. The van der Waals surface area contributed by atoms with Crippen molar-refractivity contribution in [3.63, 3.8) is 0 Å². The third-order valence-electron chi connectivity index (χ3n) is 3.06. The summed E-state index contributed by atoms with van der Waals surface area (Å²) >= 11 is 0. The highest BCUT2D eigenvalue weighted by molar-refractivity contribution is 6.01. The SMILES string of the molecule is Cn1cncc1-c1c[nH]c2ccc(C(N)=O)cc12. The molecule has 18 heavy (non-hydrogen) atoms. The van der Waals surface area contributed by atoms with Crippen LogP contribution in [0, 0.1) is 0 Å². The van der Waals surface area contributed by atoms with E-state index in [-0.39, 0.29) is 0 Å². The summed E-state index contributed by atoms with van der Waals surface area (Å²) in [7, 11) is 1.93. The lowest BCUT2D eigenvalue weighted by molar-refractivity contribution is 0.100. The van der Waals surface area contributed by atoms with E-state index >= 15 is 0 Å². The van der Waals surface area contributed by atoms with E-state index in [9.17, 15) is 4.79 Å². The van der Waals surface area contributed by atoms with Gasteiger partial charge in [-0.3, -0.25) is 4.79 Å². The summed E-state index contributed by atoms with van der Waals surface area (Å²) in [5, 5.41) is 0.968. The molecule has 0 saturated carbocycles. The second-order valence-electron chi connectivity index (χ2n) is 4.22. The number of amides is 1. The number of carbonyl (C=O) groups is 1. The summed E-state index contributed by atoms with van der Waals surface area (Å²) in [6.45, 7) is 0. The summed E-state index contributed by atoms with van der Waals surface area (Å²) in [5.41, 5.74) is 8.78. The zero-order chi connectivity index (χ0) is 12.7. The number of nitrogens with one attached hydrogen (secondary N) is 1. The number of benzene rings is 1. The fraction of sp³-hybridized carbons (Fsp3) is 0.0769. The van der Waals surface area contributed by atoms with E-state index in [0.717, 1.165) is 22.2 Å². The maximum Gasteiger partial charge on any atom is 0.248 e. The molecule has 2 heterocycles. The van der Waals surface area contributed by atoms with Gasteiger partial charge in [0, 0.05) is 35.3 Å². The molecule has 0 fully saturated rings. The number of primary amides is 1. The molecule has 0 radical (unpaired) electrons. The van der Waals surface area contributed by atoms with Gasteiger partial charge in [0.25, 0.3) is 0 Å². The van der Waals surface area contributed by atoms with Crippen molar-refractivity contribution in [1.29, 1.82) is 0 Å². The Labute approximate surface area is 103 Å². The minimum absolute atomic E-state index is 0.422. The van der Waals surface area contributed by atoms with E-state index in [1.165, 1.54) is 0 Å². The first-order chi connectivity index (χ1) is 8.66. The fourth-order valence-electron chi connectivity index (χ4n) is 2.10. The van der Waals surface area contributed by atoms with E-state index in [0.29, 0.717) is 5.56 Å². The number of nitrogens with two attached hydrogens (primary N) is 1. The van der Waals surface area contributed by atoms with Crippen LogP contribution in [0.2, 0.25) is 0 Å². The quantitative estimate of drug-likeness (QED) is 0.714. The summed E-state index contributed by atoms with van der Waals surface area (Å²) in [6.07, 6.45) is 5.44. The number of H-pyrrole nitrogens is 1. The van der Waals surface area contributed by atoms with Gasteiger partial charge >= 0.3 is 0 Å². The minimum atomic E-state index is -0.422. The Morgan fingerprint density at radius 3 is 2.94 bits per heavy atom. The standard InChI is InChI=1S/C13H12N4O/c1-17-7-15-6-12(17)10-5-16-11-3-2-8(13(14)18)4-9(10)11/h2-7,16H,1H3,(H2,14,18). The number of aryl methyl sites for hydroxylation is 1. The number of hydrogen-bond acceptors (Lipinski definition) is 2. The van der Waals surface area contributed by atoms with Crippen molar-refractivity contribution in [2.75, 3.05) is 0 Å². The van der Waals surface area contributed by atoms with Crippen LogP contribution in [0.4, 0.5) is 0 Å². The van der Waals surface area contributed by atoms with Crippen molar-refractivity contribution < 1.29 is 4.79 Å². The lowest BCUT2D eigenvalue weighted by Crippen LogP contribution is -2.10. The topological polar surface area (TPSA) is 76.7 Å². The van der Waals surface area contributed by atoms with E-state index < -0.39 is 5.91 Å². The molecule has 0 saturated heterocycles. The average molecular weight is 240 g/mol. The monoisotopic (exact) mass is 240 g/mol. The van der Waals surface area contributed by atoms with Crippen LogP contribution >= 0.6 is 0 Å². The van der Waals surface area contributed by atoms with Crippen LogP contribution in [0.25, 0.3) is 22.2 Å². The third-order valence-corrected chi connectivity index (χ3v) is 3.06. The largest absolute Gasteiger partial charge is 0.366 e. The third kappa shape index (κ3) is 1.48. The summed E-state index contributed by atoms with van der Waals surface area (Å²) in [6, 6.07) is 5.37. The van der Waals surface area contributed by atoms with Gasteiger partial charge in [-0.05, 0) is 18.2 Å². The van der Waals surface area contributed by atoms with Crippen LogP contribution < -0.4 is 5.73 Å². The molecule has 1 amide bonds. The van der Waals surface area contributed by atoms with Gasteiger partial charge < -0.3 is 15.3 Å². The molecule has 3 aromatic rings. The molecular weight excluding hydrogens is 228 g/mol. The van der Waals surface area contributed by atoms with Crippen LogP contribution in [0.3, 0.4) is 0 Å². The van der Waals surface area contributed by atoms with Crippen LogP contribution in [0.1, 0.15) is 10.4 Å². The minimum Gasteiger partial charge on any atom is -0.366 e. The molecule has 90 valence electrons. The van der Waals surface area contributed by atoms with E-state index in [4.69, 9.17) is 5.73 Å². The van der Waals surface area contributed by atoms with Crippen LogP contribution in [0.15, 0.2) is 36.9 Å². The molecular formula is C13H12N4O. The molecule has 0 aliphatic rings. The molecule has 2 aromatic heterocycles. The Hall–Kier alpha value is -2.56. The number of rotatable bonds is 2.